The summed E-state index contributed by atoms with van der Waals surface area (Å²) in [6, 6.07) is 23.1. The molecule has 0 fully saturated rings. The molecule has 1 aliphatic rings. The zero-order valence-corrected chi connectivity index (χ0v) is 18.9. The number of amides is 2. The first-order valence-electron chi connectivity index (χ1n) is 11.0. The molecular formula is C27H24N2O6. The van der Waals surface area contributed by atoms with E-state index in [-0.39, 0.29) is 12.5 Å². The lowest BCUT2D eigenvalue weighted by Gasteiger charge is -2.14. The standard InChI is InChI=1S/C27H24N2O6/c1-17(26(31)32)35-29-25(30)15-12-18-10-13-19(14-11-18)28-27(33)34-16-24-22-8-4-2-6-20(22)21-7-3-5-9-23(21)24/h2-15,17,24H,16H2,1H3,(H,28,33)(H,29,30)(H,31,32)/b15-12+. The van der Waals surface area contributed by atoms with Crippen molar-refractivity contribution in [2.45, 2.75) is 18.9 Å². The summed E-state index contributed by atoms with van der Waals surface area (Å²) in [6.07, 6.45) is 1.03. The van der Waals surface area contributed by atoms with Gasteiger partial charge in [-0.3, -0.25) is 14.9 Å². The number of rotatable bonds is 8. The molecule has 1 aliphatic carbocycles. The average Bonchev–Trinajstić information content (AvgIpc) is 3.19. The number of anilines is 1. The second-order valence-corrected chi connectivity index (χ2v) is 7.97. The monoisotopic (exact) mass is 472 g/mol. The predicted molar refractivity (Wildman–Crippen MR) is 130 cm³/mol. The molecule has 2 amide bonds. The third kappa shape index (κ3) is 5.74. The maximum atomic E-state index is 12.4. The van der Waals surface area contributed by atoms with E-state index in [9.17, 15) is 14.4 Å². The summed E-state index contributed by atoms with van der Waals surface area (Å²) in [5.41, 5.74) is 7.90. The van der Waals surface area contributed by atoms with Crippen molar-refractivity contribution in [2.75, 3.05) is 11.9 Å². The molecule has 35 heavy (non-hydrogen) atoms. The number of carbonyl (C=O) groups excluding carboxylic acids is 2. The van der Waals surface area contributed by atoms with Gasteiger partial charge in [-0.2, -0.15) is 0 Å². The highest BCUT2D eigenvalue weighted by Gasteiger charge is 2.29. The summed E-state index contributed by atoms with van der Waals surface area (Å²) in [7, 11) is 0. The second kappa shape index (κ2) is 10.7. The number of ether oxygens (including phenoxy) is 1. The fraction of sp³-hybridized carbons (Fsp3) is 0.148. The number of fused-ring (bicyclic) bond motifs is 3. The molecule has 1 atom stereocenters. The molecule has 1 unspecified atom stereocenters. The van der Waals surface area contributed by atoms with Gasteiger partial charge in [0.2, 0.25) is 0 Å². The zero-order valence-electron chi connectivity index (χ0n) is 18.9. The van der Waals surface area contributed by atoms with E-state index in [1.54, 1.807) is 24.3 Å². The van der Waals surface area contributed by atoms with E-state index < -0.39 is 24.1 Å². The summed E-state index contributed by atoms with van der Waals surface area (Å²) in [6.45, 7) is 1.52. The Kier molecular flexibility index (Phi) is 7.23. The fourth-order valence-corrected chi connectivity index (χ4v) is 3.83. The number of benzene rings is 3. The molecule has 0 bridgehead atoms. The number of nitrogens with one attached hydrogen (secondary N) is 2. The number of hydrogen-bond donors (Lipinski definition) is 3. The molecule has 3 N–H and O–H groups in total. The van der Waals surface area contributed by atoms with Gasteiger partial charge in [0, 0.05) is 17.7 Å². The Labute approximate surface area is 202 Å². The second-order valence-electron chi connectivity index (χ2n) is 7.97. The number of aliphatic carboxylic acids is 1. The lowest BCUT2D eigenvalue weighted by Crippen LogP contribution is -2.31. The van der Waals surface area contributed by atoms with Gasteiger partial charge >= 0.3 is 12.1 Å². The lowest BCUT2D eigenvalue weighted by molar-refractivity contribution is -0.157. The van der Waals surface area contributed by atoms with Crippen LogP contribution in [0.1, 0.15) is 29.5 Å². The molecule has 0 spiro atoms. The van der Waals surface area contributed by atoms with Gasteiger partial charge in [-0.15, -0.1) is 0 Å². The van der Waals surface area contributed by atoms with Crippen molar-refractivity contribution >= 4 is 29.7 Å². The molecule has 3 aromatic rings. The van der Waals surface area contributed by atoms with Gasteiger partial charge in [0.25, 0.3) is 5.91 Å². The number of hydrogen-bond acceptors (Lipinski definition) is 5. The molecule has 0 heterocycles. The molecule has 0 aliphatic heterocycles. The van der Waals surface area contributed by atoms with Crippen molar-refractivity contribution in [2.24, 2.45) is 0 Å². The van der Waals surface area contributed by atoms with Crippen LogP contribution in [0.15, 0.2) is 78.9 Å². The Balaban J connectivity index is 1.29. The Hall–Kier alpha value is -4.43. The molecule has 0 radical (unpaired) electrons. The van der Waals surface area contributed by atoms with E-state index in [0.717, 1.165) is 22.3 Å². The van der Waals surface area contributed by atoms with Gasteiger partial charge in [0.05, 0.1) is 0 Å². The Bertz CT molecular complexity index is 1220. The molecule has 0 aromatic heterocycles. The normalized spacial score (nSPS) is 13.1. The molecular weight excluding hydrogens is 448 g/mol. The number of carbonyl (C=O) groups is 3. The Morgan fingerprint density at radius 2 is 1.54 bits per heavy atom. The Morgan fingerprint density at radius 1 is 0.943 bits per heavy atom. The molecule has 178 valence electrons. The van der Waals surface area contributed by atoms with Crippen molar-refractivity contribution in [1.29, 1.82) is 0 Å². The van der Waals surface area contributed by atoms with E-state index >= 15 is 0 Å². The first-order chi connectivity index (χ1) is 16.9. The van der Waals surface area contributed by atoms with Crippen LogP contribution in [0.5, 0.6) is 0 Å². The van der Waals surface area contributed by atoms with Crippen LogP contribution < -0.4 is 10.8 Å². The van der Waals surface area contributed by atoms with Crippen LogP contribution in [0.25, 0.3) is 17.2 Å². The minimum absolute atomic E-state index is 0.0192. The maximum absolute atomic E-state index is 12.4. The minimum Gasteiger partial charge on any atom is -0.479 e. The summed E-state index contributed by atoms with van der Waals surface area (Å²) in [5.74, 6) is -1.80. The van der Waals surface area contributed by atoms with E-state index in [4.69, 9.17) is 14.7 Å². The lowest BCUT2D eigenvalue weighted by atomic mass is 9.98. The van der Waals surface area contributed by atoms with Crippen molar-refractivity contribution in [3.05, 3.63) is 95.6 Å². The zero-order chi connectivity index (χ0) is 24.8. The van der Waals surface area contributed by atoms with Crippen molar-refractivity contribution in [1.82, 2.24) is 5.48 Å². The molecule has 3 aromatic carbocycles. The third-order valence-electron chi connectivity index (χ3n) is 5.61. The summed E-state index contributed by atoms with van der Waals surface area (Å²) < 4.78 is 5.54. The van der Waals surface area contributed by atoms with Crippen molar-refractivity contribution < 1.29 is 29.1 Å². The van der Waals surface area contributed by atoms with Gasteiger partial charge < -0.3 is 9.84 Å². The van der Waals surface area contributed by atoms with Gasteiger partial charge in [-0.05, 0) is 52.9 Å². The topological polar surface area (TPSA) is 114 Å². The van der Waals surface area contributed by atoms with Gasteiger partial charge in [-0.1, -0.05) is 60.7 Å². The van der Waals surface area contributed by atoms with E-state index in [1.807, 2.05) is 29.7 Å². The van der Waals surface area contributed by atoms with Gasteiger partial charge in [0.15, 0.2) is 6.10 Å². The molecule has 0 saturated heterocycles. The van der Waals surface area contributed by atoms with E-state index in [0.29, 0.717) is 11.3 Å². The number of hydroxylamine groups is 1. The summed E-state index contributed by atoms with van der Waals surface area (Å²) in [5, 5.41) is 11.4. The first kappa shape index (κ1) is 23.7. The highest BCUT2D eigenvalue weighted by molar-refractivity contribution is 5.91. The first-order valence-corrected chi connectivity index (χ1v) is 11.0. The largest absolute Gasteiger partial charge is 0.479 e. The van der Waals surface area contributed by atoms with Gasteiger partial charge in [-0.25, -0.2) is 15.1 Å². The van der Waals surface area contributed by atoms with E-state index in [2.05, 4.69) is 29.6 Å². The smallest absolute Gasteiger partial charge is 0.411 e. The third-order valence-corrected chi connectivity index (χ3v) is 5.61. The van der Waals surface area contributed by atoms with Crippen LogP contribution in [-0.4, -0.2) is 35.8 Å². The van der Waals surface area contributed by atoms with Crippen LogP contribution in [0, 0.1) is 0 Å². The van der Waals surface area contributed by atoms with E-state index in [1.165, 1.54) is 19.1 Å². The summed E-state index contributed by atoms with van der Waals surface area (Å²) >= 11 is 0. The highest BCUT2D eigenvalue weighted by Crippen LogP contribution is 2.44. The van der Waals surface area contributed by atoms with Crippen LogP contribution in [-0.2, 0) is 19.2 Å². The molecule has 8 nitrogen and oxygen atoms in total. The van der Waals surface area contributed by atoms with Crippen LogP contribution in [0.3, 0.4) is 0 Å². The maximum Gasteiger partial charge on any atom is 0.411 e. The number of carboxylic acid groups (broad SMARTS) is 1. The van der Waals surface area contributed by atoms with Crippen molar-refractivity contribution in [3.63, 3.8) is 0 Å². The quantitative estimate of drug-likeness (QED) is 0.327. The predicted octanol–water partition coefficient (Wildman–Crippen LogP) is 4.58. The SMILES string of the molecule is CC(ONC(=O)/C=C/c1ccc(NC(=O)OCC2c3ccccc3-c3ccccc32)cc1)C(=O)O. The number of carboxylic acids is 1. The molecule has 0 saturated carbocycles. The highest BCUT2D eigenvalue weighted by atomic mass is 16.7. The van der Waals surface area contributed by atoms with Crippen LogP contribution in [0.4, 0.5) is 10.5 Å². The fourth-order valence-electron chi connectivity index (χ4n) is 3.83. The minimum atomic E-state index is -1.19. The molecule has 8 heteroatoms. The molecule has 4 rings (SSSR count). The van der Waals surface area contributed by atoms with Crippen LogP contribution in [0.2, 0.25) is 0 Å². The van der Waals surface area contributed by atoms with Crippen molar-refractivity contribution in [3.8, 4) is 11.1 Å². The average molecular weight is 472 g/mol. The Morgan fingerprint density at radius 3 is 2.14 bits per heavy atom. The van der Waals surface area contributed by atoms with Crippen LogP contribution >= 0.6 is 0 Å². The van der Waals surface area contributed by atoms with Gasteiger partial charge in [0.1, 0.15) is 6.61 Å². The summed E-state index contributed by atoms with van der Waals surface area (Å²) in [4.78, 5) is 39.5.